The summed E-state index contributed by atoms with van der Waals surface area (Å²) in [5.41, 5.74) is -0.887. The molecule has 2 aromatic rings. The normalized spacial score (nSPS) is 11.3. The van der Waals surface area contributed by atoms with E-state index in [1.54, 1.807) is 0 Å². The molecule has 138 valence electrons. The van der Waals surface area contributed by atoms with Crippen LogP contribution in [0.1, 0.15) is 5.56 Å². The summed E-state index contributed by atoms with van der Waals surface area (Å²) in [5.74, 6) is -3.71. The molecule has 26 heavy (non-hydrogen) atoms. The molecule has 0 unspecified atom stereocenters. The molecule has 0 aliphatic heterocycles. The van der Waals surface area contributed by atoms with Crippen molar-refractivity contribution in [1.29, 1.82) is 0 Å². The van der Waals surface area contributed by atoms with E-state index in [1.165, 1.54) is 24.3 Å². The van der Waals surface area contributed by atoms with Crippen molar-refractivity contribution in [2.24, 2.45) is 0 Å². The second-order valence-electron chi connectivity index (χ2n) is 4.98. The van der Waals surface area contributed by atoms with Gasteiger partial charge in [-0.15, -0.1) is 0 Å². The van der Waals surface area contributed by atoms with Gasteiger partial charge in [-0.05, 0) is 12.1 Å². The number of rotatable bonds is 7. The van der Waals surface area contributed by atoms with Gasteiger partial charge in [0.2, 0.25) is 9.84 Å². The van der Waals surface area contributed by atoms with Gasteiger partial charge < -0.3 is 5.32 Å². The summed E-state index contributed by atoms with van der Waals surface area (Å²) < 4.78 is 48.1. The maximum atomic E-state index is 12.6. The lowest BCUT2D eigenvalue weighted by atomic mass is 10.1. The molecule has 0 bridgehead atoms. The molecule has 0 saturated carbocycles. The van der Waals surface area contributed by atoms with E-state index >= 15 is 0 Å². The number of nitrogens with one attached hydrogen (secondary N) is 1. The summed E-state index contributed by atoms with van der Waals surface area (Å²) in [7, 11) is -4.99. The lowest BCUT2D eigenvalue weighted by Crippen LogP contribution is -2.12. The fourth-order valence-corrected chi connectivity index (χ4v) is 2.86. The highest BCUT2D eigenvalue weighted by Crippen LogP contribution is 2.30. The van der Waals surface area contributed by atoms with Crippen LogP contribution >= 0.6 is 0 Å². The molecule has 0 atom stereocenters. The third kappa shape index (κ3) is 3.91. The SMILES string of the molecule is O=[N+]([O-])c1ccccc1CNc1ccc(S(=O)(=O)C(F)F)cc1[N+](=O)[O-]. The first-order valence-electron chi connectivity index (χ1n) is 6.91. The molecule has 0 amide bonds. The molecule has 0 fully saturated rings. The molecule has 9 nitrogen and oxygen atoms in total. The quantitative estimate of drug-likeness (QED) is 0.570. The molecule has 0 radical (unpaired) electrons. The lowest BCUT2D eigenvalue weighted by molar-refractivity contribution is -0.385. The van der Waals surface area contributed by atoms with E-state index in [0.29, 0.717) is 6.07 Å². The van der Waals surface area contributed by atoms with Gasteiger partial charge in [-0.1, -0.05) is 18.2 Å². The average molecular weight is 387 g/mol. The van der Waals surface area contributed by atoms with Crippen LogP contribution in [-0.4, -0.2) is 24.0 Å². The molecule has 0 saturated heterocycles. The minimum Gasteiger partial charge on any atom is -0.375 e. The lowest BCUT2D eigenvalue weighted by Gasteiger charge is -2.09. The smallest absolute Gasteiger partial charge is 0.341 e. The minimum absolute atomic E-state index is 0.165. The van der Waals surface area contributed by atoms with Crippen LogP contribution in [0.15, 0.2) is 47.4 Å². The van der Waals surface area contributed by atoms with Gasteiger partial charge >= 0.3 is 5.76 Å². The van der Waals surface area contributed by atoms with Gasteiger partial charge in [0, 0.05) is 24.2 Å². The van der Waals surface area contributed by atoms with Gasteiger partial charge in [-0.25, -0.2) is 8.42 Å². The third-order valence-electron chi connectivity index (χ3n) is 3.39. The van der Waals surface area contributed by atoms with Gasteiger partial charge in [-0.3, -0.25) is 20.2 Å². The predicted molar refractivity (Wildman–Crippen MR) is 86.7 cm³/mol. The van der Waals surface area contributed by atoms with Gasteiger partial charge in [0.05, 0.1) is 14.7 Å². The molecule has 2 rings (SSSR count). The van der Waals surface area contributed by atoms with Crippen molar-refractivity contribution in [2.45, 2.75) is 17.2 Å². The molecule has 0 aliphatic carbocycles. The highest BCUT2D eigenvalue weighted by molar-refractivity contribution is 7.91. The first-order chi connectivity index (χ1) is 12.1. The topological polar surface area (TPSA) is 132 Å². The molecule has 2 aromatic carbocycles. The molecular formula is C14H11F2N3O6S. The highest BCUT2D eigenvalue weighted by Gasteiger charge is 2.29. The zero-order valence-corrected chi connectivity index (χ0v) is 13.7. The van der Waals surface area contributed by atoms with Crippen molar-refractivity contribution in [3.8, 4) is 0 Å². The first-order valence-corrected chi connectivity index (χ1v) is 8.46. The van der Waals surface area contributed by atoms with E-state index < -0.39 is 36.0 Å². The van der Waals surface area contributed by atoms with Crippen LogP contribution in [0.25, 0.3) is 0 Å². The number of nitro benzene ring substituents is 2. The number of hydrogen-bond donors (Lipinski definition) is 1. The number of alkyl halides is 2. The van der Waals surface area contributed by atoms with Gasteiger partial charge in [0.15, 0.2) is 0 Å². The fraction of sp³-hybridized carbons (Fsp3) is 0.143. The number of nitrogens with zero attached hydrogens (tertiary/aromatic N) is 2. The zero-order valence-electron chi connectivity index (χ0n) is 12.8. The van der Waals surface area contributed by atoms with Crippen molar-refractivity contribution in [2.75, 3.05) is 5.32 Å². The van der Waals surface area contributed by atoms with Crippen LogP contribution in [0, 0.1) is 20.2 Å². The van der Waals surface area contributed by atoms with Crippen molar-refractivity contribution < 1.29 is 27.0 Å². The zero-order chi connectivity index (χ0) is 19.5. The van der Waals surface area contributed by atoms with Gasteiger partial charge in [0.1, 0.15) is 5.69 Å². The Hall–Kier alpha value is -3.15. The summed E-state index contributed by atoms with van der Waals surface area (Å²) in [5, 5.41) is 24.7. The summed E-state index contributed by atoms with van der Waals surface area (Å²) in [6.07, 6.45) is 0. The molecule has 1 N–H and O–H groups in total. The Balaban J connectivity index is 2.37. The molecule has 12 heteroatoms. The van der Waals surface area contributed by atoms with Crippen LogP contribution < -0.4 is 5.32 Å². The van der Waals surface area contributed by atoms with E-state index in [1.807, 2.05) is 0 Å². The highest BCUT2D eigenvalue weighted by atomic mass is 32.2. The number of benzene rings is 2. The molecule has 0 heterocycles. The Bertz CT molecular complexity index is 965. The van der Waals surface area contributed by atoms with Crippen molar-refractivity contribution >= 4 is 26.9 Å². The number of anilines is 1. The predicted octanol–water partition coefficient (Wildman–Crippen LogP) is 3.11. The van der Waals surface area contributed by atoms with E-state index in [0.717, 1.165) is 12.1 Å². The van der Waals surface area contributed by atoms with Crippen LogP contribution in [0.5, 0.6) is 0 Å². The standard InChI is InChI=1S/C14H11F2N3O6S/c15-14(16)26(24,25)10-5-6-11(13(7-10)19(22)23)17-8-9-3-1-2-4-12(9)18(20)21/h1-7,14,17H,8H2. The summed E-state index contributed by atoms with van der Waals surface area (Å²) in [4.78, 5) is 19.6. The first kappa shape index (κ1) is 19.2. The minimum atomic E-state index is -4.99. The Morgan fingerprint density at radius 1 is 1.00 bits per heavy atom. The van der Waals surface area contributed by atoms with E-state index in [9.17, 15) is 37.4 Å². The molecule has 0 spiro atoms. The fourth-order valence-electron chi connectivity index (χ4n) is 2.12. The van der Waals surface area contributed by atoms with Crippen molar-refractivity contribution in [1.82, 2.24) is 0 Å². The number of nitro groups is 2. The maximum Gasteiger partial charge on any atom is 0.341 e. The Kier molecular flexibility index (Phi) is 5.45. The summed E-state index contributed by atoms with van der Waals surface area (Å²) >= 11 is 0. The van der Waals surface area contributed by atoms with Crippen LogP contribution in [0.4, 0.5) is 25.8 Å². The van der Waals surface area contributed by atoms with Gasteiger partial charge in [-0.2, -0.15) is 8.78 Å². The Labute approximate surface area is 145 Å². The largest absolute Gasteiger partial charge is 0.375 e. The second kappa shape index (κ2) is 7.39. The number of halogens is 2. The average Bonchev–Trinajstić information content (AvgIpc) is 2.59. The summed E-state index contributed by atoms with van der Waals surface area (Å²) in [6.45, 7) is -0.168. The number of sulfone groups is 1. The van der Waals surface area contributed by atoms with E-state index in [4.69, 9.17) is 0 Å². The van der Waals surface area contributed by atoms with E-state index in [2.05, 4.69) is 5.32 Å². The Morgan fingerprint density at radius 2 is 1.62 bits per heavy atom. The number of para-hydroxylation sites is 1. The molecule has 0 aliphatic rings. The number of hydrogen-bond acceptors (Lipinski definition) is 7. The third-order valence-corrected chi connectivity index (χ3v) is 4.77. The van der Waals surface area contributed by atoms with Crippen molar-refractivity contribution in [3.05, 3.63) is 68.3 Å². The second-order valence-corrected chi connectivity index (χ2v) is 6.90. The maximum absolute atomic E-state index is 12.6. The van der Waals surface area contributed by atoms with Crippen molar-refractivity contribution in [3.63, 3.8) is 0 Å². The molecular weight excluding hydrogens is 376 g/mol. The monoisotopic (exact) mass is 387 g/mol. The molecule has 0 aromatic heterocycles. The Morgan fingerprint density at radius 3 is 2.19 bits per heavy atom. The summed E-state index contributed by atoms with van der Waals surface area (Å²) in [6, 6.07) is 7.96. The van der Waals surface area contributed by atoms with Gasteiger partial charge in [0.25, 0.3) is 11.4 Å². The van der Waals surface area contributed by atoms with Crippen LogP contribution in [0.2, 0.25) is 0 Å². The van der Waals surface area contributed by atoms with Crippen LogP contribution in [0.3, 0.4) is 0 Å². The van der Waals surface area contributed by atoms with E-state index in [-0.39, 0.29) is 23.5 Å². The van der Waals surface area contributed by atoms with Crippen LogP contribution in [-0.2, 0) is 16.4 Å².